The molecule has 0 bridgehead atoms. The molecular formula is C17H28ClN. The third-order valence-electron chi connectivity index (χ3n) is 3.88. The molecule has 0 fully saturated rings. The van der Waals surface area contributed by atoms with E-state index >= 15 is 0 Å². The van der Waals surface area contributed by atoms with Gasteiger partial charge in [0.05, 0.1) is 0 Å². The number of halogens is 1. The van der Waals surface area contributed by atoms with E-state index in [1.165, 1.54) is 56.1 Å². The number of unbranched alkanes of at least 4 members (excludes halogenated alkanes) is 5. The van der Waals surface area contributed by atoms with Crippen molar-refractivity contribution in [2.45, 2.75) is 64.8 Å². The largest absolute Gasteiger partial charge is 0.313 e. The molecule has 0 spiro atoms. The standard InChI is InChI=1S/C17H28ClN/c1-4-5-6-7-8-9-13-17(19-3)15-11-10-12-16(18)14(15)2/h10-12,17,19H,4-9,13H2,1-3H3. The van der Waals surface area contributed by atoms with Crippen LogP contribution in [0.3, 0.4) is 0 Å². The maximum Gasteiger partial charge on any atom is 0.0438 e. The molecule has 0 aliphatic heterocycles. The van der Waals surface area contributed by atoms with Gasteiger partial charge in [-0.2, -0.15) is 0 Å². The number of hydrogen-bond donors (Lipinski definition) is 1. The van der Waals surface area contributed by atoms with Crippen molar-refractivity contribution in [2.75, 3.05) is 7.05 Å². The van der Waals surface area contributed by atoms with Crippen molar-refractivity contribution < 1.29 is 0 Å². The molecule has 1 rings (SSSR count). The highest BCUT2D eigenvalue weighted by Gasteiger charge is 2.12. The molecule has 0 aromatic heterocycles. The van der Waals surface area contributed by atoms with Crippen molar-refractivity contribution in [1.29, 1.82) is 0 Å². The van der Waals surface area contributed by atoms with E-state index in [1.807, 2.05) is 13.1 Å². The van der Waals surface area contributed by atoms with Crippen molar-refractivity contribution >= 4 is 11.6 Å². The van der Waals surface area contributed by atoms with Gasteiger partial charge in [0.25, 0.3) is 0 Å². The highest BCUT2D eigenvalue weighted by molar-refractivity contribution is 6.31. The minimum absolute atomic E-state index is 0.435. The van der Waals surface area contributed by atoms with Crippen LogP contribution in [0, 0.1) is 6.92 Å². The lowest BCUT2D eigenvalue weighted by Gasteiger charge is -2.19. The van der Waals surface area contributed by atoms with Gasteiger partial charge in [0.2, 0.25) is 0 Å². The van der Waals surface area contributed by atoms with Crippen LogP contribution in [0.2, 0.25) is 5.02 Å². The second kappa shape index (κ2) is 9.39. The summed E-state index contributed by atoms with van der Waals surface area (Å²) < 4.78 is 0. The zero-order valence-electron chi connectivity index (χ0n) is 12.6. The average Bonchev–Trinajstić information content (AvgIpc) is 2.42. The molecule has 0 saturated carbocycles. The Morgan fingerprint density at radius 3 is 2.47 bits per heavy atom. The molecule has 0 aliphatic carbocycles. The van der Waals surface area contributed by atoms with Crippen LogP contribution in [-0.2, 0) is 0 Å². The van der Waals surface area contributed by atoms with Gasteiger partial charge in [-0.25, -0.2) is 0 Å². The Morgan fingerprint density at radius 1 is 1.11 bits per heavy atom. The maximum absolute atomic E-state index is 6.21. The Balaban J connectivity index is 2.43. The Hall–Kier alpha value is -0.530. The Morgan fingerprint density at radius 2 is 1.79 bits per heavy atom. The molecule has 1 atom stereocenters. The Bertz CT molecular complexity index is 362. The van der Waals surface area contributed by atoms with E-state index in [2.05, 4.69) is 31.3 Å². The third kappa shape index (κ3) is 5.54. The predicted molar refractivity (Wildman–Crippen MR) is 86.0 cm³/mol. The second-order valence-corrected chi connectivity index (χ2v) is 5.76. The predicted octanol–water partition coefficient (Wildman–Crippen LogP) is 5.66. The fraction of sp³-hybridized carbons (Fsp3) is 0.647. The molecule has 1 N–H and O–H groups in total. The molecule has 108 valence electrons. The molecule has 1 aromatic carbocycles. The topological polar surface area (TPSA) is 12.0 Å². The van der Waals surface area contributed by atoms with Crippen LogP contribution in [0.15, 0.2) is 18.2 Å². The van der Waals surface area contributed by atoms with E-state index < -0.39 is 0 Å². The summed E-state index contributed by atoms with van der Waals surface area (Å²) in [6.45, 7) is 4.38. The summed E-state index contributed by atoms with van der Waals surface area (Å²) in [6, 6.07) is 6.65. The first-order valence-corrected chi connectivity index (χ1v) is 8.00. The molecule has 0 radical (unpaired) electrons. The Kier molecular flexibility index (Phi) is 8.16. The minimum atomic E-state index is 0.435. The van der Waals surface area contributed by atoms with Crippen LogP contribution >= 0.6 is 11.6 Å². The molecule has 1 unspecified atom stereocenters. The second-order valence-electron chi connectivity index (χ2n) is 5.35. The van der Waals surface area contributed by atoms with Gasteiger partial charge in [-0.05, 0) is 37.6 Å². The summed E-state index contributed by atoms with van der Waals surface area (Å²) in [5.74, 6) is 0. The molecule has 19 heavy (non-hydrogen) atoms. The summed E-state index contributed by atoms with van der Waals surface area (Å²) in [5.41, 5.74) is 2.57. The van der Waals surface area contributed by atoms with Gasteiger partial charge in [-0.15, -0.1) is 0 Å². The van der Waals surface area contributed by atoms with Gasteiger partial charge in [0.15, 0.2) is 0 Å². The Labute approximate surface area is 123 Å². The van der Waals surface area contributed by atoms with Crippen LogP contribution in [0.5, 0.6) is 0 Å². The third-order valence-corrected chi connectivity index (χ3v) is 4.29. The highest BCUT2D eigenvalue weighted by Crippen LogP contribution is 2.27. The van der Waals surface area contributed by atoms with Gasteiger partial charge in [0, 0.05) is 11.1 Å². The van der Waals surface area contributed by atoms with Crippen LogP contribution in [0.1, 0.15) is 69.0 Å². The lowest BCUT2D eigenvalue weighted by atomic mass is 9.96. The summed E-state index contributed by atoms with van der Waals surface area (Å²) in [4.78, 5) is 0. The summed E-state index contributed by atoms with van der Waals surface area (Å²) in [6.07, 6.45) is 9.29. The number of nitrogens with one attached hydrogen (secondary N) is 1. The first kappa shape index (κ1) is 16.5. The van der Waals surface area contributed by atoms with Gasteiger partial charge in [-0.3, -0.25) is 0 Å². The number of benzene rings is 1. The smallest absolute Gasteiger partial charge is 0.0438 e. The van der Waals surface area contributed by atoms with Crippen LogP contribution in [-0.4, -0.2) is 7.05 Å². The van der Waals surface area contributed by atoms with E-state index in [9.17, 15) is 0 Å². The van der Waals surface area contributed by atoms with Crippen LogP contribution in [0.25, 0.3) is 0 Å². The number of hydrogen-bond acceptors (Lipinski definition) is 1. The maximum atomic E-state index is 6.21. The van der Waals surface area contributed by atoms with Crippen molar-refractivity contribution in [3.8, 4) is 0 Å². The van der Waals surface area contributed by atoms with E-state index in [4.69, 9.17) is 11.6 Å². The quantitative estimate of drug-likeness (QED) is 0.576. The minimum Gasteiger partial charge on any atom is -0.313 e. The van der Waals surface area contributed by atoms with Gasteiger partial charge < -0.3 is 5.32 Å². The first-order valence-electron chi connectivity index (χ1n) is 7.63. The SMILES string of the molecule is CCCCCCCCC(NC)c1cccc(Cl)c1C. The summed E-state index contributed by atoms with van der Waals surface area (Å²) in [5, 5.41) is 4.31. The lowest BCUT2D eigenvalue weighted by Crippen LogP contribution is -2.17. The average molecular weight is 282 g/mol. The zero-order chi connectivity index (χ0) is 14.1. The zero-order valence-corrected chi connectivity index (χ0v) is 13.4. The fourth-order valence-electron chi connectivity index (χ4n) is 2.59. The fourth-order valence-corrected chi connectivity index (χ4v) is 2.77. The molecule has 0 amide bonds. The molecule has 1 nitrogen and oxygen atoms in total. The van der Waals surface area contributed by atoms with Crippen molar-refractivity contribution in [3.63, 3.8) is 0 Å². The van der Waals surface area contributed by atoms with Crippen molar-refractivity contribution in [2.24, 2.45) is 0 Å². The van der Waals surface area contributed by atoms with Gasteiger partial charge >= 0.3 is 0 Å². The monoisotopic (exact) mass is 281 g/mol. The van der Waals surface area contributed by atoms with Crippen LogP contribution in [0.4, 0.5) is 0 Å². The van der Waals surface area contributed by atoms with E-state index in [0.717, 1.165) is 5.02 Å². The normalized spacial score (nSPS) is 12.6. The first-order chi connectivity index (χ1) is 9.20. The summed E-state index contributed by atoms with van der Waals surface area (Å²) >= 11 is 6.21. The van der Waals surface area contributed by atoms with E-state index in [0.29, 0.717) is 6.04 Å². The van der Waals surface area contributed by atoms with E-state index in [1.54, 1.807) is 0 Å². The molecular weight excluding hydrogens is 254 g/mol. The molecule has 0 heterocycles. The van der Waals surface area contributed by atoms with Gasteiger partial charge in [0.1, 0.15) is 0 Å². The van der Waals surface area contributed by atoms with Crippen LogP contribution < -0.4 is 5.32 Å². The lowest BCUT2D eigenvalue weighted by molar-refractivity contribution is 0.496. The molecule has 0 aliphatic rings. The molecule has 2 heteroatoms. The van der Waals surface area contributed by atoms with Crippen molar-refractivity contribution in [3.05, 3.63) is 34.3 Å². The molecule has 1 aromatic rings. The summed E-state index contributed by atoms with van der Waals surface area (Å²) in [7, 11) is 2.04. The highest BCUT2D eigenvalue weighted by atomic mass is 35.5. The molecule has 0 saturated heterocycles. The van der Waals surface area contributed by atoms with E-state index in [-0.39, 0.29) is 0 Å². The number of rotatable bonds is 9. The van der Waals surface area contributed by atoms with Crippen molar-refractivity contribution in [1.82, 2.24) is 5.32 Å². The van der Waals surface area contributed by atoms with Gasteiger partial charge in [-0.1, -0.05) is 69.2 Å².